The number of aliphatic hydroxyl groups excluding tert-OH is 1. The van der Waals surface area contributed by atoms with E-state index < -0.39 is 6.10 Å². The van der Waals surface area contributed by atoms with E-state index in [0.29, 0.717) is 5.69 Å². The maximum Gasteiger partial charge on any atom is 0.144 e. The van der Waals surface area contributed by atoms with Crippen molar-refractivity contribution in [2.45, 2.75) is 18.9 Å². The highest BCUT2D eigenvalue weighted by molar-refractivity contribution is 7.19. The molecule has 1 unspecified atom stereocenters. The lowest BCUT2D eigenvalue weighted by molar-refractivity contribution is 0.176. The minimum absolute atomic E-state index is 0.183. The summed E-state index contributed by atoms with van der Waals surface area (Å²) in [5.41, 5.74) is 1.22. The highest BCUT2D eigenvalue weighted by Gasteiger charge is 2.21. The minimum Gasteiger partial charge on any atom is -0.388 e. The first kappa shape index (κ1) is 17.0. The normalized spacial score (nSPS) is 12.9. The Morgan fingerprint density at radius 2 is 2.00 bits per heavy atom. The average molecular weight is 344 g/mol. The Hall–Kier alpha value is -1.82. The number of pyridine rings is 1. The number of hydrogen-bond donors (Lipinski definition) is 1. The van der Waals surface area contributed by atoms with Crippen LogP contribution >= 0.6 is 11.3 Å². The molecule has 24 heavy (non-hydrogen) atoms. The molecule has 3 nitrogen and oxygen atoms in total. The molecule has 2 aromatic heterocycles. The Kier molecular flexibility index (Phi) is 5.23. The third-order valence-electron chi connectivity index (χ3n) is 4.05. The summed E-state index contributed by atoms with van der Waals surface area (Å²) in [6.45, 7) is 0.907. The lowest BCUT2D eigenvalue weighted by Crippen LogP contribution is -2.16. The zero-order valence-corrected chi connectivity index (χ0v) is 14.7. The lowest BCUT2D eigenvalue weighted by atomic mass is 9.99. The molecule has 0 aliphatic carbocycles. The number of aliphatic hydroxyl groups is 1. The molecule has 1 atom stereocenters. The van der Waals surface area contributed by atoms with Gasteiger partial charge in [0.2, 0.25) is 0 Å². The van der Waals surface area contributed by atoms with E-state index >= 15 is 0 Å². The van der Waals surface area contributed by atoms with Crippen LogP contribution in [0.2, 0.25) is 0 Å². The molecule has 0 aliphatic heterocycles. The smallest absolute Gasteiger partial charge is 0.144 e. The Balaban J connectivity index is 1.96. The summed E-state index contributed by atoms with van der Waals surface area (Å²) in [7, 11) is 4.07. The molecule has 3 aromatic rings. The van der Waals surface area contributed by atoms with Crippen molar-refractivity contribution in [2.75, 3.05) is 20.6 Å². The number of benzene rings is 1. The van der Waals surface area contributed by atoms with E-state index in [1.807, 2.05) is 32.3 Å². The molecular weight excluding hydrogens is 323 g/mol. The Labute approximate surface area is 145 Å². The van der Waals surface area contributed by atoms with Crippen LogP contribution in [0.1, 0.15) is 22.2 Å². The first-order valence-electron chi connectivity index (χ1n) is 7.98. The van der Waals surface area contributed by atoms with Gasteiger partial charge in [0, 0.05) is 34.3 Å². The van der Waals surface area contributed by atoms with Gasteiger partial charge in [-0.15, -0.1) is 11.3 Å². The van der Waals surface area contributed by atoms with Crippen LogP contribution in [-0.4, -0.2) is 35.6 Å². The lowest BCUT2D eigenvalue weighted by Gasteiger charge is -2.14. The molecule has 0 spiro atoms. The van der Waals surface area contributed by atoms with E-state index in [-0.39, 0.29) is 12.2 Å². The first-order chi connectivity index (χ1) is 11.6. The standard InChI is InChI=1S/C19H21FN2OS/c1-22(2)11-9-18-19(13-6-3-4-8-17(13)24-18)16(23)12-15-14(20)7-5-10-21-15/h3-8,10,16,23H,9,11-12H2,1-2H3. The second-order valence-electron chi connectivity index (χ2n) is 6.14. The van der Waals surface area contributed by atoms with Crippen LogP contribution in [0, 0.1) is 5.82 Å². The molecule has 1 N–H and O–H groups in total. The topological polar surface area (TPSA) is 36.4 Å². The van der Waals surface area contributed by atoms with Crippen LogP contribution < -0.4 is 0 Å². The van der Waals surface area contributed by atoms with Crippen LogP contribution in [0.25, 0.3) is 10.1 Å². The SMILES string of the molecule is CN(C)CCc1sc2ccccc2c1C(O)Cc1ncccc1F. The third kappa shape index (κ3) is 3.64. The number of nitrogens with zero attached hydrogens (tertiary/aromatic N) is 2. The van der Waals surface area contributed by atoms with E-state index in [0.717, 1.165) is 33.5 Å². The molecule has 5 heteroatoms. The van der Waals surface area contributed by atoms with E-state index in [1.54, 1.807) is 23.6 Å². The first-order valence-corrected chi connectivity index (χ1v) is 8.80. The maximum atomic E-state index is 13.9. The average Bonchev–Trinajstić information content (AvgIpc) is 2.93. The zero-order valence-electron chi connectivity index (χ0n) is 13.9. The summed E-state index contributed by atoms with van der Waals surface area (Å²) in [5, 5.41) is 11.9. The number of likely N-dealkylation sites (N-methyl/N-ethyl adjacent to an activating group) is 1. The van der Waals surface area contributed by atoms with Gasteiger partial charge in [0.1, 0.15) is 5.82 Å². The van der Waals surface area contributed by atoms with Crippen molar-refractivity contribution in [1.29, 1.82) is 0 Å². The molecule has 2 heterocycles. The van der Waals surface area contributed by atoms with Crippen LogP contribution in [-0.2, 0) is 12.8 Å². The predicted molar refractivity (Wildman–Crippen MR) is 96.9 cm³/mol. The summed E-state index contributed by atoms with van der Waals surface area (Å²) in [6.07, 6.45) is 1.85. The molecule has 0 saturated heterocycles. The van der Waals surface area contributed by atoms with Crippen LogP contribution in [0.3, 0.4) is 0 Å². The van der Waals surface area contributed by atoms with Crippen LogP contribution in [0.4, 0.5) is 4.39 Å². The fourth-order valence-corrected chi connectivity index (χ4v) is 4.10. The second kappa shape index (κ2) is 7.38. The molecule has 0 radical (unpaired) electrons. The largest absolute Gasteiger partial charge is 0.388 e. The van der Waals surface area contributed by atoms with Gasteiger partial charge in [-0.3, -0.25) is 4.98 Å². The number of fused-ring (bicyclic) bond motifs is 1. The van der Waals surface area contributed by atoms with Crippen molar-refractivity contribution in [3.63, 3.8) is 0 Å². The molecule has 0 bridgehead atoms. The van der Waals surface area contributed by atoms with Crippen molar-refractivity contribution in [3.8, 4) is 0 Å². The van der Waals surface area contributed by atoms with E-state index in [4.69, 9.17) is 0 Å². The Bertz CT molecular complexity index is 831. The van der Waals surface area contributed by atoms with E-state index in [2.05, 4.69) is 16.0 Å². The van der Waals surface area contributed by atoms with Crippen molar-refractivity contribution in [1.82, 2.24) is 9.88 Å². The predicted octanol–water partition coefficient (Wildman–Crippen LogP) is 3.82. The van der Waals surface area contributed by atoms with Gasteiger partial charge >= 0.3 is 0 Å². The van der Waals surface area contributed by atoms with Crippen LogP contribution in [0.15, 0.2) is 42.6 Å². The molecule has 0 amide bonds. The fraction of sp³-hybridized carbons (Fsp3) is 0.316. The quantitative estimate of drug-likeness (QED) is 0.739. The van der Waals surface area contributed by atoms with Crippen LogP contribution in [0.5, 0.6) is 0 Å². The second-order valence-corrected chi connectivity index (χ2v) is 7.28. The summed E-state index contributed by atoms with van der Waals surface area (Å²) in [4.78, 5) is 7.36. The summed E-state index contributed by atoms with van der Waals surface area (Å²) in [5.74, 6) is -0.370. The Morgan fingerprint density at radius 3 is 2.75 bits per heavy atom. The third-order valence-corrected chi connectivity index (χ3v) is 5.30. The number of aromatic nitrogens is 1. The van der Waals surface area contributed by atoms with Gasteiger partial charge in [0.15, 0.2) is 0 Å². The monoisotopic (exact) mass is 344 g/mol. The summed E-state index contributed by atoms with van der Waals surface area (Å²) >= 11 is 1.71. The summed E-state index contributed by atoms with van der Waals surface area (Å²) in [6, 6.07) is 11.0. The van der Waals surface area contributed by atoms with Gasteiger partial charge in [-0.25, -0.2) is 4.39 Å². The van der Waals surface area contributed by atoms with Gasteiger partial charge in [0.05, 0.1) is 11.8 Å². The van der Waals surface area contributed by atoms with Crippen molar-refractivity contribution < 1.29 is 9.50 Å². The highest BCUT2D eigenvalue weighted by atomic mass is 32.1. The maximum absolute atomic E-state index is 13.9. The number of rotatable bonds is 6. The Morgan fingerprint density at radius 1 is 1.21 bits per heavy atom. The van der Waals surface area contributed by atoms with Gasteiger partial charge in [0.25, 0.3) is 0 Å². The molecule has 126 valence electrons. The molecule has 0 saturated carbocycles. The molecular formula is C19H21FN2OS. The number of halogens is 1. The minimum atomic E-state index is -0.761. The fourth-order valence-electron chi connectivity index (χ4n) is 2.85. The van der Waals surface area contributed by atoms with Crippen molar-refractivity contribution in [2.24, 2.45) is 0 Å². The summed E-state index contributed by atoms with van der Waals surface area (Å²) < 4.78 is 15.0. The number of hydrogen-bond acceptors (Lipinski definition) is 4. The molecule has 3 rings (SSSR count). The molecule has 1 aromatic carbocycles. The highest BCUT2D eigenvalue weighted by Crippen LogP contribution is 2.37. The number of thiophene rings is 1. The van der Waals surface area contributed by atoms with Gasteiger partial charge < -0.3 is 10.0 Å². The van der Waals surface area contributed by atoms with E-state index in [9.17, 15) is 9.50 Å². The molecule has 0 aliphatic rings. The van der Waals surface area contributed by atoms with Gasteiger partial charge in [-0.05, 0) is 44.1 Å². The van der Waals surface area contributed by atoms with Gasteiger partial charge in [-0.1, -0.05) is 18.2 Å². The van der Waals surface area contributed by atoms with Crippen molar-refractivity contribution >= 4 is 21.4 Å². The van der Waals surface area contributed by atoms with Gasteiger partial charge in [-0.2, -0.15) is 0 Å². The van der Waals surface area contributed by atoms with E-state index in [1.165, 1.54) is 6.07 Å². The van der Waals surface area contributed by atoms with Crippen molar-refractivity contribution in [3.05, 3.63) is 64.5 Å². The molecule has 0 fully saturated rings. The zero-order chi connectivity index (χ0) is 17.1.